The fourth-order valence-corrected chi connectivity index (χ4v) is 2.24. The molecule has 0 spiro atoms. The zero-order chi connectivity index (χ0) is 12.4. The molecular formula is C13H20N2O2. The number of hydrogen-bond donors (Lipinski definition) is 0. The van der Waals surface area contributed by atoms with Crippen molar-refractivity contribution < 1.29 is 9.53 Å². The van der Waals surface area contributed by atoms with Crippen LogP contribution in [0.25, 0.3) is 0 Å². The second-order valence-electron chi connectivity index (χ2n) is 4.88. The summed E-state index contributed by atoms with van der Waals surface area (Å²) < 4.78 is 7.61. The standard InChI is InChI=1S/C13H20N2O2/c1-10(2)13(16)15-7-11-5-4-6-14(11)8-12(9-15)17-3/h4-6,10,12H,7-9H2,1-3H3/t12-/m1/s1. The summed E-state index contributed by atoms with van der Waals surface area (Å²) in [5, 5.41) is 0. The van der Waals surface area contributed by atoms with Crippen molar-refractivity contribution in [3.63, 3.8) is 0 Å². The molecule has 0 unspecified atom stereocenters. The topological polar surface area (TPSA) is 34.5 Å². The van der Waals surface area contributed by atoms with Gasteiger partial charge in [-0.3, -0.25) is 4.79 Å². The van der Waals surface area contributed by atoms with Crippen LogP contribution in [0.2, 0.25) is 0 Å². The Morgan fingerprint density at radius 3 is 2.88 bits per heavy atom. The summed E-state index contributed by atoms with van der Waals surface area (Å²) in [7, 11) is 1.71. The molecule has 1 amide bonds. The lowest BCUT2D eigenvalue weighted by Gasteiger charge is -2.25. The quantitative estimate of drug-likeness (QED) is 0.780. The van der Waals surface area contributed by atoms with Crippen molar-refractivity contribution in [2.75, 3.05) is 13.7 Å². The molecule has 1 aliphatic heterocycles. The molecule has 0 aromatic carbocycles. The van der Waals surface area contributed by atoms with Crippen LogP contribution < -0.4 is 0 Å². The number of carbonyl (C=O) groups is 1. The highest BCUT2D eigenvalue weighted by molar-refractivity contribution is 5.78. The molecule has 1 atom stereocenters. The van der Waals surface area contributed by atoms with Crippen molar-refractivity contribution in [2.24, 2.45) is 5.92 Å². The van der Waals surface area contributed by atoms with Crippen LogP contribution >= 0.6 is 0 Å². The summed E-state index contributed by atoms with van der Waals surface area (Å²) >= 11 is 0. The van der Waals surface area contributed by atoms with E-state index in [1.807, 2.05) is 31.0 Å². The second kappa shape index (κ2) is 4.92. The number of methoxy groups -OCH3 is 1. The molecule has 0 saturated heterocycles. The molecule has 0 radical (unpaired) electrons. The highest BCUT2D eigenvalue weighted by Crippen LogP contribution is 2.16. The van der Waals surface area contributed by atoms with Gasteiger partial charge in [0.05, 0.1) is 19.2 Å². The molecule has 1 aromatic heterocycles. The summed E-state index contributed by atoms with van der Waals surface area (Å²) in [6.07, 6.45) is 2.12. The van der Waals surface area contributed by atoms with Crippen molar-refractivity contribution in [2.45, 2.75) is 33.0 Å². The number of aromatic nitrogens is 1. The molecule has 4 heteroatoms. The van der Waals surface area contributed by atoms with E-state index in [1.54, 1.807) is 7.11 Å². The van der Waals surface area contributed by atoms with E-state index in [9.17, 15) is 4.79 Å². The zero-order valence-electron chi connectivity index (χ0n) is 10.7. The van der Waals surface area contributed by atoms with Gasteiger partial charge in [0.15, 0.2) is 0 Å². The maximum atomic E-state index is 12.1. The van der Waals surface area contributed by atoms with Gasteiger partial charge < -0.3 is 14.2 Å². The van der Waals surface area contributed by atoms with Gasteiger partial charge in [-0.05, 0) is 12.1 Å². The van der Waals surface area contributed by atoms with Gasteiger partial charge in [0.2, 0.25) is 5.91 Å². The molecule has 4 nitrogen and oxygen atoms in total. The third kappa shape index (κ3) is 2.52. The molecule has 2 rings (SSSR count). The van der Waals surface area contributed by atoms with Gasteiger partial charge in [0.1, 0.15) is 0 Å². The van der Waals surface area contributed by atoms with Crippen LogP contribution in [0.15, 0.2) is 18.3 Å². The number of fused-ring (bicyclic) bond motifs is 1. The minimum Gasteiger partial charge on any atom is -0.378 e. The van der Waals surface area contributed by atoms with Gasteiger partial charge >= 0.3 is 0 Å². The summed E-state index contributed by atoms with van der Waals surface area (Å²) in [5.41, 5.74) is 1.18. The van der Waals surface area contributed by atoms with Gasteiger partial charge in [0.25, 0.3) is 0 Å². The van der Waals surface area contributed by atoms with E-state index in [1.165, 1.54) is 5.69 Å². The molecule has 0 fully saturated rings. The van der Waals surface area contributed by atoms with E-state index < -0.39 is 0 Å². The summed E-state index contributed by atoms with van der Waals surface area (Å²) in [6, 6.07) is 4.09. The van der Waals surface area contributed by atoms with E-state index in [2.05, 4.69) is 10.6 Å². The number of hydrogen-bond acceptors (Lipinski definition) is 2. The van der Waals surface area contributed by atoms with E-state index >= 15 is 0 Å². The average molecular weight is 236 g/mol. The van der Waals surface area contributed by atoms with Crippen LogP contribution in [0, 0.1) is 5.92 Å². The first-order valence-electron chi connectivity index (χ1n) is 6.07. The van der Waals surface area contributed by atoms with E-state index in [0.29, 0.717) is 13.1 Å². The SMILES string of the molecule is CO[C@H]1CN(C(=O)C(C)C)Cc2cccn2C1. The van der Waals surface area contributed by atoms with Gasteiger partial charge in [-0.1, -0.05) is 13.8 Å². The molecule has 2 heterocycles. The third-order valence-corrected chi connectivity index (χ3v) is 3.24. The molecule has 0 saturated carbocycles. The zero-order valence-corrected chi connectivity index (χ0v) is 10.7. The first-order chi connectivity index (χ1) is 8.11. The van der Waals surface area contributed by atoms with Crippen LogP contribution in [-0.2, 0) is 22.6 Å². The predicted octanol–water partition coefficient (Wildman–Crippen LogP) is 1.50. The smallest absolute Gasteiger partial charge is 0.225 e. The first kappa shape index (κ1) is 12.2. The van der Waals surface area contributed by atoms with Crippen LogP contribution in [0.5, 0.6) is 0 Å². The molecular weight excluding hydrogens is 216 g/mol. The Hall–Kier alpha value is -1.29. The molecule has 1 aromatic rings. The summed E-state index contributed by atoms with van der Waals surface area (Å²) in [4.78, 5) is 14.0. The Labute approximate surface area is 102 Å². The predicted molar refractivity (Wildman–Crippen MR) is 65.5 cm³/mol. The average Bonchev–Trinajstić information content (AvgIpc) is 2.65. The Balaban J connectivity index is 2.22. The van der Waals surface area contributed by atoms with Gasteiger partial charge in [-0.15, -0.1) is 0 Å². The normalized spacial score (nSPS) is 20.2. The first-order valence-corrected chi connectivity index (χ1v) is 6.07. The van der Waals surface area contributed by atoms with Gasteiger partial charge in [-0.25, -0.2) is 0 Å². The fourth-order valence-electron chi connectivity index (χ4n) is 2.24. The molecule has 0 bridgehead atoms. The van der Waals surface area contributed by atoms with Gasteiger partial charge in [0, 0.05) is 31.5 Å². The van der Waals surface area contributed by atoms with Crippen molar-refractivity contribution >= 4 is 5.91 Å². The lowest BCUT2D eigenvalue weighted by Crippen LogP contribution is -2.39. The number of ether oxygens (including phenoxy) is 1. The Kier molecular flexibility index (Phi) is 3.52. The lowest BCUT2D eigenvalue weighted by molar-refractivity contribution is -0.136. The van der Waals surface area contributed by atoms with Crippen molar-refractivity contribution in [3.8, 4) is 0 Å². The Morgan fingerprint density at radius 1 is 1.47 bits per heavy atom. The monoisotopic (exact) mass is 236 g/mol. The van der Waals surface area contributed by atoms with Crippen LogP contribution in [0.4, 0.5) is 0 Å². The van der Waals surface area contributed by atoms with Crippen molar-refractivity contribution in [1.29, 1.82) is 0 Å². The minimum absolute atomic E-state index is 0.0361. The highest BCUT2D eigenvalue weighted by Gasteiger charge is 2.25. The van der Waals surface area contributed by atoms with Crippen LogP contribution in [0.3, 0.4) is 0 Å². The number of rotatable bonds is 2. The van der Waals surface area contributed by atoms with Gasteiger partial charge in [-0.2, -0.15) is 0 Å². The summed E-state index contributed by atoms with van der Waals surface area (Å²) in [5.74, 6) is 0.232. The molecule has 17 heavy (non-hydrogen) atoms. The van der Waals surface area contributed by atoms with Crippen LogP contribution in [-0.4, -0.2) is 35.1 Å². The maximum Gasteiger partial charge on any atom is 0.225 e. The van der Waals surface area contributed by atoms with Crippen molar-refractivity contribution in [1.82, 2.24) is 9.47 Å². The van der Waals surface area contributed by atoms with Crippen molar-refractivity contribution in [3.05, 3.63) is 24.0 Å². The fraction of sp³-hybridized carbons (Fsp3) is 0.615. The molecule has 0 aliphatic carbocycles. The van der Waals surface area contributed by atoms with E-state index in [-0.39, 0.29) is 17.9 Å². The molecule has 1 aliphatic rings. The Morgan fingerprint density at radius 2 is 2.24 bits per heavy atom. The minimum atomic E-state index is 0.0361. The number of amides is 1. The highest BCUT2D eigenvalue weighted by atomic mass is 16.5. The Bertz CT molecular complexity index is 398. The largest absolute Gasteiger partial charge is 0.378 e. The molecule has 94 valence electrons. The third-order valence-electron chi connectivity index (χ3n) is 3.24. The van der Waals surface area contributed by atoms with Crippen LogP contribution in [0.1, 0.15) is 19.5 Å². The molecule has 0 N–H and O–H groups in total. The number of carbonyl (C=O) groups excluding carboxylic acids is 1. The van der Waals surface area contributed by atoms with E-state index in [4.69, 9.17) is 4.74 Å². The lowest BCUT2D eigenvalue weighted by atomic mass is 10.1. The van der Waals surface area contributed by atoms with E-state index in [0.717, 1.165) is 6.54 Å². The summed E-state index contributed by atoms with van der Waals surface area (Å²) in [6.45, 7) is 6.06. The maximum absolute atomic E-state index is 12.1. The second-order valence-corrected chi connectivity index (χ2v) is 4.88. The number of nitrogens with zero attached hydrogens (tertiary/aromatic N) is 2.